The van der Waals surface area contributed by atoms with Crippen molar-refractivity contribution in [2.75, 3.05) is 6.54 Å². The van der Waals surface area contributed by atoms with Crippen LogP contribution in [0.2, 0.25) is 0 Å². The topological polar surface area (TPSA) is 75.6 Å². The van der Waals surface area contributed by atoms with E-state index >= 15 is 0 Å². The first-order valence-electron chi connectivity index (χ1n) is 10.7. The summed E-state index contributed by atoms with van der Waals surface area (Å²) in [4.78, 5) is 19.9. The Morgan fingerprint density at radius 2 is 1.97 bits per heavy atom. The normalized spacial score (nSPS) is 18.7. The number of hydrogen-bond donors (Lipinski definition) is 2. The lowest BCUT2D eigenvalue weighted by atomic mass is 9.92. The van der Waals surface area contributed by atoms with Crippen molar-refractivity contribution in [1.82, 2.24) is 25.1 Å². The second-order valence-electron chi connectivity index (χ2n) is 8.48. The molecule has 1 aliphatic heterocycles. The number of aromatic nitrogens is 4. The van der Waals surface area contributed by atoms with E-state index in [-0.39, 0.29) is 49.4 Å². The number of nitrogens with one attached hydrogen (secondary N) is 2. The fourth-order valence-electron chi connectivity index (χ4n) is 4.49. The SMILES string of the molecule is O=c1[nH]c(Cc2cc(F)ccc2C2=CC(F)=CNC2)nc2c1cnn2C1CCC(F)(F)CC1. The molecule has 10 heteroatoms. The van der Waals surface area contributed by atoms with Crippen LogP contribution in [0.1, 0.15) is 48.7 Å². The molecular weight excluding hydrogens is 438 g/mol. The van der Waals surface area contributed by atoms with Gasteiger partial charge in [0, 0.05) is 32.0 Å². The van der Waals surface area contributed by atoms with Gasteiger partial charge in [-0.15, -0.1) is 0 Å². The molecule has 0 bridgehead atoms. The highest BCUT2D eigenvalue weighted by atomic mass is 19.3. The van der Waals surface area contributed by atoms with Gasteiger partial charge < -0.3 is 10.3 Å². The number of dihydropyridines is 1. The summed E-state index contributed by atoms with van der Waals surface area (Å²) in [5.74, 6) is -3.31. The number of fused-ring (bicyclic) bond motifs is 1. The number of halogens is 4. The standard InChI is InChI=1S/C23H21F4N5O/c24-15-1-2-18(14-8-16(25)11-28-10-14)13(7-15)9-20-30-21-19(22(33)31-20)12-29-32(21)17-3-5-23(26,27)6-4-17/h1-2,7-8,11-12,17,28H,3-6,9-10H2,(H,30,31,33). The molecule has 2 aromatic heterocycles. The van der Waals surface area contributed by atoms with Crippen molar-refractivity contribution in [2.45, 2.75) is 44.1 Å². The molecule has 33 heavy (non-hydrogen) atoms. The number of nitrogens with zero attached hydrogens (tertiary/aromatic N) is 3. The van der Waals surface area contributed by atoms with Crippen LogP contribution in [0.15, 0.2) is 47.3 Å². The maximum atomic E-state index is 14.1. The van der Waals surface area contributed by atoms with E-state index in [0.717, 1.165) is 0 Å². The second-order valence-corrected chi connectivity index (χ2v) is 8.48. The molecule has 1 aliphatic carbocycles. The van der Waals surface area contributed by atoms with Gasteiger partial charge in [-0.2, -0.15) is 5.10 Å². The molecule has 6 nitrogen and oxygen atoms in total. The number of allylic oxidation sites excluding steroid dienone is 2. The van der Waals surface area contributed by atoms with Gasteiger partial charge in [-0.1, -0.05) is 6.07 Å². The molecule has 0 radical (unpaired) electrons. The first-order chi connectivity index (χ1) is 15.8. The van der Waals surface area contributed by atoms with Gasteiger partial charge in [0.2, 0.25) is 5.92 Å². The molecule has 1 saturated carbocycles. The third kappa shape index (κ3) is 4.29. The van der Waals surface area contributed by atoms with Crippen LogP contribution in [-0.4, -0.2) is 32.2 Å². The van der Waals surface area contributed by atoms with E-state index in [4.69, 9.17) is 0 Å². The van der Waals surface area contributed by atoms with E-state index < -0.39 is 23.1 Å². The maximum Gasteiger partial charge on any atom is 0.262 e. The zero-order valence-corrected chi connectivity index (χ0v) is 17.5. The minimum absolute atomic E-state index is 0.0921. The molecule has 5 rings (SSSR count). The third-order valence-electron chi connectivity index (χ3n) is 6.16. The van der Waals surface area contributed by atoms with Gasteiger partial charge in [0.25, 0.3) is 5.56 Å². The lowest BCUT2D eigenvalue weighted by molar-refractivity contribution is -0.0446. The molecule has 0 atom stereocenters. The largest absolute Gasteiger partial charge is 0.384 e. The zero-order chi connectivity index (χ0) is 23.2. The Bertz CT molecular complexity index is 1330. The Morgan fingerprint density at radius 3 is 2.73 bits per heavy atom. The molecule has 3 heterocycles. The van der Waals surface area contributed by atoms with E-state index in [9.17, 15) is 22.4 Å². The zero-order valence-electron chi connectivity index (χ0n) is 17.5. The first kappa shape index (κ1) is 21.4. The van der Waals surface area contributed by atoms with Gasteiger partial charge in [0.05, 0.1) is 12.2 Å². The molecule has 2 aliphatic rings. The lowest BCUT2D eigenvalue weighted by Gasteiger charge is -2.28. The predicted molar refractivity (Wildman–Crippen MR) is 115 cm³/mol. The molecule has 1 fully saturated rings. The van der Waals surface area contributed by atoms with Crippen LogP contribution in [0, 0.1) is 5.82 Å². The number of alkyl halides is 2. The Hall–Kier alpha value is -3.43. The monoisotopic (exact) mass is 459 g/mol. The third-order valence-corrected chi connectivity index (χ3v) is 6.16. The maximum absolute atomic E-state index is 14.1. The van der Waals surface area contributed by atoms with Crippen LogP contribution in [0.4, 0.5) is 17.6 Å². The van der Waals surface area contributed by atoms with Crippen LogP contribution in [0.3, 0.4) is 0 Å². The number of rotatable bonds is 4. The molecule has 3 aromatic rings. The summed E-state index contributed by atoms with van der Waals surface area (Å²) in [6.07, 6.45) is 4.10. The Labute approximate surface area is 186 Å². The van der Waals surface area contributed by atoms with E-state index in [0.29, 0.717) is 28.9 Å². The van der Waals surface area contributed by atoms with Crippen molar-refractivity contribution in [1.29, 1.82) is 0 Å². The Kier molecular flexibility index (Phi) is 5.30. The van der Waals surface area contributed by atoms with Crippen molar-refractivity contribution in [2.24, 2.45) is 0 Å². The average Bonchev–Trinajstić information content (AvgIpc) is 3.18. The van der Waals surface area contributed by atoms with Gasteiger partial charge >= 0.3 is 0 Å². The van der Waals surface area contributed by atoms with E-state index in [2.05, 4.69) is 20.4 Å². The molecule has 172 valence electrons. The molecular formula is C23H21F4N5O. The smallest absolute Gasteiger partial charge is 0.262 e. The number of benzene rings is 1. The molecule has 0 saturated heterocycles. The number of aromatic amines is 1. The van der Waals surface area contributed by atoms with Gasteiger partial charge in [0.15, 0.2) is 5.65 Å². The summed E-state index contributed by atoms with van der Waals surface area (Å²) >= 11 is 0. The van der Waals surface area contributed by atoms with E-state index in [1.54, 1.807) is 10.7 Å². The molecule has 0 spiro atoms. The minimum atomic E-state index is -2.68. The van der Waals surface area contributed by atoms with Crippen LogP contribution >= 0.6 is 0 Å². The minimum Gasteiger partial charge on any atom is -0.384 e. The summed E-state index contributed by atoms with van der Waals surface area (Å²) in [6, 6.07) is 3.92. The lowest BCUT2D eigenvalue weighted by Crippen LogP contribution is -2.27. The van der Waals surface area contributed by atoms with Crippen molar-refractivity contribution in [3.05, 3.63) is 75.6 Å². The molecule has 0 unspecified atom stereocenters. The second kappa shape index (κ2) is 8.17. The van der Waals surface area contributed by atoms with Gasteiger partial charge in [-0.05, 0) is 47.8 Å². The summed E-state index contributed by atoms with van der Waals surface area (Å²) in [5, 5.41) is 7.35. The van der Waals surface area contributed by atoms with Gasteiger partial charge in [-0.3, -0.25) is 4.79 Å². The summed E-state index contributed by atoms with van der Waals surface area (Å²) < 4.78 is 56.5. The van der Waals surface area contributed by atoms with Crippen LogP contribution in [0.5, 0.6) is 0 Å². The summed E-state index contributed by atoms with van der Waals surface area (Å²) in [7, 11) is 0. The molecule has 2 N–H and O–H groups in total. The fraction of sp³-hybridized carbons (Fsp3) is 0.348. The van der Waals surface area contributed by atoms with Crippen molar-refractivity contribution >= 4 is 16.6 Å². The highest BCUT2D eigenvalue weighted by Gasteiger charge is 2.36. The number of hydrogen-bond acceptors (Lipinski definition) is 4. The molecule has 0 amide bonds. The summed E-state index contributed by atoms with van der Waals surface area (Å²) in [5.41, 5.74) is 1.71. The van der Waals surface area contributed by atoms with Crippen LogP contribution < -0.4 is 10.9 Å². The Morgan fingerprint density at radius 1 is 1.18 bits per heavy atom. The quantitative estimate of drug-likeness (QED) is 0.568. The number of H-pyrrole nitrogens is 1. The van der Waals surface area contributed by atoms with Gasteiger partial charge in [0.1, 0.15) is 22.9 Å². The van der Waals surface area contributed by atoms with E-state index in [1.807, 2.05) is 0 Å². The van der Waals surface area contributed by atoms with Crippen molar-refractivity contribution < 1.29 is 17.6 Å². The van der Waals surface area contributed by atoms with Crippen molar-refractivity contribution in [3.63, 3.8) is 0 Å². The van der Waals surface area contributed by atoms with E-state index in [1.165, 1.54) is 30.6 Å². The summed E-state index contributed by atoms with van der Waals surface area (Å²) in [6.45, 7) is 0.369. The highest BCUT2D eigenvalue weighted by molar-refractivity contribution is 5.74. The first-order valence-corrected chi connectivity index (χ1v) is 10.7. The fourth-order valence-corrected chi connectivity index (χ4v) is 4.49. The predicted octanol–water partition coefficient (Wildman–Crippen LogP) is 4.40. The van der Waals surface area contributed by atoms with Crippen LogP contribution in [0.25, 0.3) is 16.6 Å². The van der Waals surface area contributed by atoms with Crippen LogP contribution in [-0.2, 0) is 6.42 Å². The average molecular weight is 459 g/mol. The molecule has 1 aromatic carbocycles. The Balaban J connectivity index is 1.51. The highest BCUT2D eigenvalue weighted by Crippen LogP contribution is 2.38. The van der Waals surface area contributed by atoms with Crippen molar-refractivity contribution in [3.8, 4) is 0 Å². The van der Waals surface area contributed by atoms with Gasteiger partial charge in [-0.25, -0.2) is 27.2 Å².